The second-order valence-corrected chi connectivity index (χ2v) is 8.80. The molecule has 2 aliphatic rings. The van der Waals surface area contributed by atoms with Crippen molar-refractivity contribution in [3.05, 3.63) is 11.5 Å². The smallest absolute Gasteiger partial charge is 0.248 e. The van der Waals surface area contributed by atoms with E-state index in [1.807, 2.05) is 0 Å². The fraction of sp³-hybridized carbons (Fsp3) is 0.812. The maximum absolute atomic E-state index is 12.9. The van der Waals surface area contributed by atoms with E-state index in [-0.39, 0.29) is 17.3 Å². The van der Waals surface area contributed by atoms with E-state index in [1.165, 1.54) is 12.8 Å². The van der Waals surface area contributed by atoms with Gasteiger partial charge in [0.2, 0.25) is 10.0 Å². The first-order valence-corrected chi connectivity index (χ1v) is 10.3. The molecule has 0 saturated carbocycles. The topological polar surface area (TPSA) is 78.7 Å². The van der Waals surface area contributed by atoms with Gasteiger partial charge in [0.05, 0.1) is 0 Å². The summed E-state index contributed by atoms with van der Waals surface area (Å²) in [6.45, 7) is 9.46. The molecule has 0 radical (unpaired) electrons. The third-order valence-electron chi connectivity index (χ3n) is 5.03. The highest BCUT2D eigenvalue weighted by Crippen LogP contribution is 2.24. The molecule has 2 saturated heterocycles. The predicted octanol–water partition coefficient (Wildman–Crippen LogP) is 1.41. The van der Waals surface area contributed by atoms with E-state index < -0.39 is 10.0 Å². The molecule has 1 atom stereocenters. The standard InChI is InChI=1S/C16H28N4O3S.ClH/c1-13-16(14(2)23-18-13)24(21,22)20-8-4-7-19(9-10-20)12-15-5-3-6-17-11-15;/h15,17H,3-12H2,1-2H3;1H. The maximum atomic E-state index is 12.9. The lowest BCUT2D eigenvalue weighted by molar-refractivity contribution is 0.216. The van der Waals surface area contributed by atoms with Gasteiger partial charge in [0.25, 0.3) is 0 Å². The fourth-order valence-corrected chi connectivity index (χ4v) is 5.55. The van der Waals surface area contributed by atoms with Gasteiger partial charge in [-0.15, -0.1) is 12.4 Å². The zero-order valence-corrected chi connectivity index (χ0v) is 16.7. The van der Waals surface area contributed by atoms with Crippen LogP contribution in [0.15, 0.2) is 9.42 Å². The summed E-state index contributed by atoms with van der Waals surface area (Å²) < 4.78 is 32.5. The van der Waals surface area contributed by atoms with E-state index in [2.05, 4.69) is 15.4 Å². The van der Waals surface area contributed by atoms with Crippen LogP contribution in [-0.4, -0.2) is 68.6 Å². The van der Waals surface area contributed by atoms with Crippen LogP contribution in [0.3, 0.4) is 0 Å². The number of aromatic nitrogens is 1. The molecule has 3 heterocycles. The lowest BCUT2D eigenvalue weighted by atomic mass is 9.99. The Morgan fingerprint density at radius 3 is 2.64 bits per heavy atom. The SMILES string of the molecule is Cc1noc(C)c1S(=O)(=O)N1CCCN(CC2CCCNC2)CC1.Cl. The number of sulfonamides is 1. The third-order valence-corrected chi connectivity index (χ3v) is 7.17. The highest BCUT2D eigenvalue weighted by Gasteiger charge is 2.32. The molecule has 7 nitrogen and oxygen atoms in total. The van der Waals surface area contributed by atoms with Crippen molar-refractivity contribution in [3.63, 3.8) is 0 Å². The van der Waals surface area contributed by atoms with Crippen LogP contribution < -0.4 is 5.32 Å². The highest BCUT2D eigenvalue weighted by atomic mass is 35.5. The lowest BCUT2D eigenvalue weighted by Crippen LogP contribution is -2.40. The molecule has 1 aromatic heterocycles. The number of nitrogens with one attached hydrogen (secondary N) is 1. The molecule has 0 aliphatic carbocycles. The van der Waals surface area contributed by atoms with E-state index in [0.717, 1.165) is 39.1 Å². The van der Waals surface area contributed by atoms with Gasteiger partial charge < -0.3 is 14.7 Å². The Labute approximate surface area is 156 Å². The predicted molar refractivity (Wildman–Crippen MR) is 98.6 cm³/mol. The number of hydrogen-bond donors (Lipinski definition) is 1. The van der Waals surface area contributed by atoms with Gasteiger partial charge in [-0.3, -0.25) is 0 Å². The Kier molecular flexibility index (Phi) is 7.28. The van der Waals surface area contributed by atoms with Crippen LogP contribution >= 0.6 is 12.4 Å². The summed E-state index contributed by atoms with van der Waals surface area (Å²) in [5.74, 6) is 1.06. The molecular formula is C16H29ClN4O3S. The molecule has 2 fully saturated rings. The maximum Gasteiger partial charge on any atom is 0.248 e. The minimum Gasteiger partial charge on any atom is -0.360 e. The third kappa shape index (κ3) is 4.74. The van der Waals surface area contributed by atoms with E-state index >= 15 is 0 Å². The molecule has 9 heteroatoms. The normalized spacial score (nSPS) is 23.8. The van der Waals surface area contributed by atoms with Gasteiger partial charge in [-0.1, -0.05) is 5.16 Å². The average molecular weight is 393 g/mol. The van der Waals surface area contributed by atoms with Crippen molar-refractivity contribution in [2.75, 3.05) is 45.8 Å². The Bertz CT molecular complexity index is 639. The van der Waals surface area contributed by atoms with Crippen LogP contribution in [0.25, 0.3) is 0 Å². The Balaban J connectivity index is 0.00000225. The molecule has 144 valence electrons. The van der Waals surface area contributed by atoms with Gasteiger partial charge in [0, 0.05) is 26.2 Å². The van der Waals surface area contributed by atoms with Crippen LogP contribution in [0, 0.1) is 19.8 Å². The van der Waals surface area contributed by atoms with Crippen LogP contribution in [0.2, 0.25) is 0 Å². The summed E-state index contributed by atoms with van der Waals surface area (Å²) in [5.41, 5.74) is 0.446. The second kappa shape index (κ2) is 8.81. The Morgan fingerprint density at radius 1 is 1.20 bits per heavy atom. The molecule has 3 rings (SSSR count). The van der Waals surface area contributed by atoms with Gasteiger partial charge >= 0.3 is 0 Å². The summed E-state index contributed by atoms with van der Waals surface area (Å²) in [6, 6.07) is 0. The van der Waals surface area contributed by atoms with Crippen molar-refractivity contribution in [2.45, 2.75) is 38.0 Å². The van der Waals surface area contributed by atoms with Crippen LogP contribution in [-0.2, 0) is 10.0 Å². The molecule has 2 aliphatic heterocycles. The number of rotatable bonds is 4. The summed E-state index contributed by atoms with van der Waals surface area (Å²) >= 11 is 0. The van der Waals surface area contributed by atoms with Crippen molar-refractivity contribution >= 4 is 22.4 Å². The summed E-state index contributed by atoms with van der Waals surface area (Å²) in [5, 5.41) is 7.25. The van der Waals surface area contributed by atoms with Crippen molar-refractivity contribution in [3.8, 4) is 0 Å². The number of nitrogens with zero attached hydrogens (tertiary/aromatic N) is 3. The van der Waals surface area contributed by atoms with Gasteiger partial charge in [-0.05, 0) is 58.7 Å². The Morgan fingerprint density at radius 2 is 2.00 bits per heavy atom. The number of aryl methyl sites for hydroxylation is 2. The molecule has 1 aromatic rings. The molecule has 25 heavy (non-hydrogen) atoms. The van der Waals surface area contributed by atoms with Crippen molar-refractivity contribution in [2.24, 2.45) is 5.92 Å². The minimum absolute atomic E-state index is 0. The zero-order valence-electron chi connectivity index (χ0n) is 15.0. The summed E-state index contributed by atoms with van der Waals surface area (Å²) in [4.78, 5) is 2.66. The number of hydrogen-bond acceptors (Lipinski definition) is 6. The van der Waals surface area contributed by atoms with E-state index in [1.54, 1.807) is 18.2 Å². The fourth-order valence-electron chi connectivity index (χ4n) is 3.79. The minimum atomic E-state index is -3.52. The molecule has 1 unspecified atom stereocenters. The number of halogens is 1. The average Bonchev–Trinajstić information content (AvgIpc) is 2.75. The lowest BCUT2D eigenvalue weighted by Gasteiger charge is -2.29. The van der Waals surface area contributed by atoms with Crippen molar-refractivity contribution < 1.29 is 12.9 Å². The van der Waals surface area contributed by atoms with Gasteiger partial charge in [-0.2, -0.15) is 4.31 Å². The summed E-state index contributed by atoms with van der Waals surface area (Å²) in [7, 11) is -3.52. The largest absolute Gasteiger partial charge is 0.360 e. The molecule has 0 amide bonds. The van der Waals surface area contributed by atoms with E-state index in [4.69, 9.17) is 4.52 Å². The van der Waals surface area contributed by atoms with Crippen molar-refractivity contribution in [1.82, 2.24) is 19.7 Å². The molecular weight excluding hydrogens is 364 g/mol. The zero-order chi connectivity index (χ0) is 17.2. The summed E-state index contributed by atoms with van der Waals surface area (Å²) in [6.07, 6.45) is 3.37. The molecule has 0 spiro atoms. The molecule has 1 N–H and O–H groups in total. The van der Waals surface area contributed by atoms with Gasteiger partial charge in [0.1, 0.15) is 10.6 Å². The van der Waals surface area contributed by atoms with Crippen LogP contribution in [0.5, 0.6) is 0 Å². The van der Waals surface area contributed by atoms with Crippen LogP contribution in [0.1, 0.15) is 30.7 Å². The first-order chi connectivity index (χ1) is 11.5. The van der Waals surface area contributed by atoms with Gasteiger partial charge in [0.15, 0.2) is 5.76 Å². The number of piperidine rings is 1. The molecule has 0 aromatic carbocycles. The molecule has 0 bridgehead atoms. The van der Waals surface area contributed by atoms with Gasteiger partial charge in [-0.25, -0.2) is 8.42 Å². The van der Waals surface area contributed by atoms with Crippen LogP contribution in [0.4, 0.5) is 0 Å². The van der Waals surface area contributed by atoms with Crippen molar-refractivity contribution in [1.29, 1.82) is 0 Å². The monoisotopic (exact) mass is 392 g/mol. The Hall–Kier alpha value is -0.670. The quantitative estimate of drug-likeness (QED) is 0.834. The van der Waals surface area contributed by atoms with E-state index in [0.29, 0.717) is 30.5 Å². The first kappa shape index (κ1) is 20.6. The first-order valence-electron chi connectivity index (χ1n) is 8.84. The highest BCUT2D eigenvalue weighted by molar-refractivity contribution is 7.89. The van der Waals surface area contributed by atoms with E-state index in [9.17, 15) is 8.42 Å². The second-order valence-electron chi connectivity index (χ2n) is 6.92.